The lowest BCUT2D eigenvalue weighted by Gasteiger charge is -2.10. The Morgan fingerprint density at radius 2 is 2.04 bits per heavy atom. The fraction of sp³-hybridized carbons (Fsp3) is 0.267. The van der Waals surface area contributed by atoms with E-state index >= 15 is 0 Å². The SMILES string of the molecule is COCc1ccc(C(=O)Nc2cccc(OCC(F)(F)F)c2)o1. The number of halogens is 3. The summed E-state index contributed by atoms with van der Waals surface area (Å²) in [5.74, 6) is 0.0264. The zero-order chi connectivity index (χ0) is 16.9. The lowest BCUT2D eigenvalue weighted by atomic mass is 10.3. The van der Waals surface area contributed by atoms with Crippen molar-refractivity contribution in [2.75, 3.05) is 19.0 Å². The van der Waals surface area contributed by atoms with Crippen molar-refractivity contribution in [2.45, 2.75) is 12.8 Å². The molecule has 0 fully saturated rings. The molecule has 0 atom stereocenters. The van der Waals surface area contributed by atoms with Gasteiger partial charge >= 0.3 is 6.18 Å². The maximum absolute atomic E-state index is 12.1. The molecule has 124 valence electrons. The smallest absolute Gasteiger partial charge is 0.422 e. The van der Waals surface area contributed by atoms with Crippen molar-refractivity contribution in [2.24, 2.45) is 0 Å². The number of methoxy groups -OCH3 is 1. The van der Waals surface area contributed by atoms with Crippen molar-refractivity contribution in [3.63, 3.8) is 0 Å². The summed E-state index contributed by atoms with van der Waals surface area (Å²) in [6.07, 6.45) is -4.43. The first kappa shape index (κ1) is 16.9. The Balaban J connectivity index is 2.00. The number of rotatable bonds is 6. The summed E-state index contributed by atoms with van der Waals surface area (Å²) in [5, 5.41) is 2.52. The molecule has 5 nitrogen and oxygen atoms in total. The maximum Gasteiger partial charge on any atom is 0.422 e. The molecule has 0 spiro atoms. The summed E-state index contributed by atoms with van der Waals surface area (Å²) < 4.78 is 51.1. The Kier molecular flexibility index (Phi) is 5.28. The second-order valence-corrected chi connectivity index (χ2v) is 4.58. The number of nitrogens with one attached hydrogen (secondary N) is 1. The molecule has 0 saturated heterocycles. The molecule has 2 aromatic rings. The number of furan rings is 1. The van der Waals surface area contributed by atoms with E-state index in [9.17, 15) is 18.0 Å². The highest BCUT2D eigenvalue weighted by Gasteiger charge is 2.28. The number of benzene rings is 1. The molecule has 23 heavy (non-hydrogen) atoms. The quantitative estimate of drug-likeness (QED) is 0.879. The summed E-state index contributed by atoms with van der Waals surface area (Å²) in [6.45, 7) is -1.17. The van der Waals surface area contributed by atoms with Gasteiger partial charge in [-0.25, -0.2) is 0 Å². The third-order valence-electron chi connectivity index (χ3n) is 2.67. The molecule has 0 bridgehead atoms. The van der Waals surface area contributed by atoms with E-state index in [0.717, 1.165) is 0 Å². The van der Waals surface area contributed by atoms with Gasteiger partial charge in [-0.2, -0.15) is 13.2 Å². The van der Waals surface area contributed by atoms with Gasteiger partial charge in [0.1, 0.15) is 18.1 Å². The van der Waals surface area contributed by atoms with Crippen LogP contribution >= 0.6 is 0 Å². The second-order valence-electron chi connectivity index (χ2n) is 4.58. The predicted octanol–water partition coefficient (Wildman–Crippen LogP) is 3.62. The van der Waals surface area contributed by atoms with Crippen molar-refractivity contribution < 1.29 is 31.9 Å². The van der Waals surface area contributed by atoms with Crippen molar-refractivity contribution in [1.82, 2.24) is 0 Å². The van der Waals surface area contributed by atoms with Crippen LogP contribution in [0.2, 0.25) is 0 Å². The predicted molar refractivity (Wildman–Crippen MR) is 75.4 cm³/mol. The number of hydrogen-bond donors (Lipinski definition) is 1. The Bertz CT molecular complexity index is 667. The van der Waals surface area contributed by atoms with Crippen molar-refractivity contribution in [3.8, 4) is 5.75 Å². The van der Waals surface area contributed by atoms with Gasteiger partial charge in [0.15, 0.2) is 12.4 Å². The van der Waals surface area contributed by atoms with Gasteiger partial charge in [-0.1, -0.05) is 6.07 Å². The highest BCUT2D eigenvalue weighted by Crippen LogP contribution is 2.22. The molecule has 1 N–H and O–H groups in total. The molecule has 0 unspecified atom stereocenters. The van der Waals surface area contributed by atoms with E-state index in [1.807, 2.05) is 0 Å². The lowest BCUT2D eigenvalue weighted by molar-refractivity contribution is -0.153. The van der Waals surface area contributed by atoms with Crippen LogP contribution in [0.5, 0.6) is 5.75 Å². The molecular weight excluding hydrogens is 315 g/mol. The molecule has 1 aromatic heterocycles. The highest BCUT2D eigenvalue weighted by molar-refractivity contribution is 6.02. The number of carbonyl (C=O) groups excluding carboxylic acids is 1. The summed E-state index contributed by atoms with van der Waals surface area (Å²) in [7, 11) is 1.49. The first-order valence-electron chi connectivity index (χ1n) is 6.56. The fourth-order valence-corrected chi connectivity index (χ4v) is 1.74. The lowest BCUT2D eigenvalue weighted by Crippen LogP contribution is -2.19. The topological polar surface area (TPSA) is 60.7 Å². The third-order valence-corrected chi connectivity index (χ3v) is 2.67. The summed E-state index contributed by atoms with van der Waals surface area (Å²) in [4.78, 5) is 12.0. The monoisotopic (exact) mass is 329 g/mol. The van der Waals surface area contributed by atoms with Crippen LogP contribution in [-0.4, -0.2) is 25.8 Å². The number of alkyl halides is 3. The van der Waals surface area contributed by atoms with Crippen LogP contribution in [0.4, 0.5) is 18.9 Å². The molecule has 1 heterocycles. The number of hydrogen-bond acceptors (Lipinski definition) is 4. The van der Waals surface area contributed by atoms with E-state index in [4.69, 9.17) is 9.15 Å². The Labute approximate surface area is 130 Å². The van der Waals surface area contributed by atoms with Crippen LogP contribution in [0.25, 0.3) is 0 Å². The van der Waals surface area contributed by atoms with Crippen LogP contribution < -0.4 is 10.1 Å². The van der Waals surface area contributed by atoms with Gasteiger partial charge in [-0.05, 0) is 24.3 Å². The fourth-order valence-electron chi connectivity index (χ4n) is 1.74. The molecule has 2 rings (SSSR count). The molecular formula is C15H14F3NO4. The highest BCUT2D eigenvalue weighted by atomic mass is 19.4. The molecule has 0 saturated carbocycles. The molecule has 0 radical (unpaired) electrons. The number of carbonyl (C=O) groups is 1. The standard InChI is InChI=1S/C15H14F3NO4/c1-21-8-12-5-6-13(23-12)14(20)19-10-3-2-4-11(7-10)22-9-15(16,17)18/h2-7H,8-9H2,1H3,(H,19,20). The average molecular weight is 329 g/mol. The largest absolute Gasteiger partial charge is 0.484 e. The van der Waals surface area contributed by atoms with Crippen molar-refractivity contribution in [1.29, 1.82) is 0 Å². The second kappa shape index (κ2) is 7.19. The minimum absolute atomic E-state index is 0.000332. The van der Waals surface area contributed by atoms with E-state index in [2.05, 4.69) is 10.1 Å². The van der Waals surface area contributed by atoms with Gasteiger partial charge < -0.3 is 19.2 Å². The number of anilines is 1. The van der Waals surface area contributed by atoms with Gasteiger partial charge in [0.05, 0.1) is 0 Å². The van der Waals surface area contributed by atoms with Crippen LogP contribution in [0.15, 0.2) is 40.8 Å². The van der Waals surface area contributed by atoms with Gasteiger partial charge in [0.25, 0.3) is 5.91 Å². The van der Waals surface area contributed by atoms with Crippen molar-refractivity contribution >= 4 is 11.6 Å². The molecule has 1 amide bonds. The van der Waals surface area contributed by atoms with Crippen LogP contribution in [0, 0.1) is 0 Å². The van der Waals surface area contributed by atoms with Gasteiger partial charge in [-0.15, -0.1) is 0 Å². The van der Waals surface area contributed by atoms with E-state index in [0.29, 0.717) is 11.4 Å². The van der Waals surface area contributed by atoms with Gasteiger partial charge in [-0.3, -0.25) is 4.79 Å². The molecule has 8 heteroatoms. The zero-order valence-corrected chi connectivity index (χ0v) is 12.1. The van der Waals surface area contributed by atoms with E-state index in [1.54, 1.807) is 6.07 Å². The third kappa shape index (κ3) is 5.33. The van der Waals surface area contributed by atoms with E-state index < -0.39 is 18.7 Å². The first-order chi connectivity index (χ1) is 10.9. The maximum atomic E-state index is 12.1. The number of amides is 1. The average Bonchev–Trinajstić information content (AvgIpc) is 2.94. The Hall–Kier alpha value is -2.48. The summed E-state index contributed by atoms with van der Waals surface area (Å²) in [6, 6.07) is 8.74. The van der Waals surface area contributed by atoms with Crippen LogP contribution in [0.1, 0.15) is 16.3 Å². The summed E-state index contributed by atoms with van der Waals surface area (Å²) in [5.41, 5.74) is 0.291. The Morgan fingerprint density at radius 3 is 2.74 bits per heavy atom. The minimum Gasteiger partial charge on any atom is -0.484 e. The van der Waals surface area contributed by atoms with E-state index in [1.165, 1.54) is 37.4 Å². The van der Waals surface area contributed by atoms with E-state index in [-0.39, 0.29) is 18.1 Å². The van der Waals surface area contributed by atoms with Crippen LogP contribution in [0.3, 0.4) is 0 Å². The first-order valence-corrected chi connectivity index (χ1v) is 6.56. The normalized spacial score (nSPS) is 11.3. The van der Waals surface area contributed by atoms with Crippen molar-refractivity contribution in [3.05, 3.63) is 47.9 Å². The molecule has 1 aromatic carbocycles. The molecule has 0 aliphatic rings. The molecule has 0 aliphatic heterocycles. The Morgan fingerprint density at radius 1 is 1.26 bits per heavy atom. The molecule has 0 aliphatic carbocycles. The number of ether oxygens (including phenoxy) is 2. The van der Waals surface area contributed by atoms with Crippen LogP contribution in [-0.2, 0) is 11.3 Å². The summed E-state index contributed by atoms with van der Waals surface area (Å²) >= 11 is 0. The van der Waals surface area contributed by atoms with Gasteiger partial charge in [0, 0.05) is 18.9 Å². The minimum atomic E-state index is -4.43. The zero-order valence-electron chi connectivity index (χ0n) is 12.1. The van der Waals surface area contributed by atoms with Gasteiger partial charge in [0.2, 0.25) is 0 Å².